The van der Waals surface area contributed by atoms with Gasteiger partial charge in [0.05, 0.1) is 0 Å². The molecule has 1 aromatic carbocycles. The number of rotatable bonds is 1. The summed E-state index contributed by atoms with van der Waals surface area (Å²) in [4.78, 5) is 0. The fourth-order valence-corrected chi connectivity index (χ4v) is 1.11. The second-order valence-electron chi connectivity index (χ2n) is 2.95. The van der Waals surface area contributed by atoms with Crippen molar-refractivity contribution in [2.45, 2.75) is 19.8 Å². The van der Waals surface area contributed by atoms with Gasteiger partial charge in [-0.1, -0.05) is 12.0 Å². The molecule has 0 nitrogen and oxygen atoms in total. The summed E-state index contributed by atoms with van der Waals surface area (Å²) in [5.74, 6) is 2.34. The highest BCUT2D eigenvalue weighted by Crippen LogP contribution is 2.16. The van der Waals surface area contributed by atoms with Gasteiger partial charge in [-0.25, -0.2) is 4.39 Å². The molecule has 12 heavy (non-hydrogen) atoms. The van der Waals surface area contributed by atoms with Crippen molar-refractivity contribution >= 4 is 0 Å². The number of hydrogen-bond donors (Lipinski definition) is 0. The van der Waals surface area contributed by atoms with Gasteiger partial charge in [0.15, 0.2) is 0 Å². The van der Waals surface area contributed by atoms with Gasteiger partial charge >= 0.3 is 0 Å². The Bertz CT molecular complexity index is 300. The van der Waals surface area contributed by atoms with Crippen LogP contribution in [0.2, 0.25) is 0 Å². The Morgan fingerprint density at radius 3 is 2.58 bits per heavy atom. The van der Waals surface area contributed by atoms with Crippen molar-refractivity contribution in [2.75, 3.05) is 0 Å². The van der Waals surface area contributed by atoms with Crippen LogP contribution in [0.1, 0.15) is 24.0 Å². The van der Waals surface area contributed by atoms with Crippen LogP contribution in [0.3, 0.4) is 0 Å². The quantitative estimate of drug-likeness (QED) is 0.557. The maximum absolute atomic E-state index is 12.9. The van der Waals surface area contributed by atoms with Crippen LogP contribution in [0, 0.1) is 25.1 Å². The van der Waals surface area contributed by atoms with Crippen LogP contribution in [0.25, 0.3) is 0 Å². The summed E-state index contributed by atoms with van der Waals surface area (Å²) >= 11 is 0. The average molecular weight is 162 g/mol. The summed E-state index contributed by atoms with van der Waals surface area (Å²) < 4.78 is 12.9. The smallest absolute Gasteiger partial charge is 0.123 e. The molecule has 0 aromatic heterocycles. The Morgan fingerprint density at radius 2 is 2.08 bits per heavy atom. The third-order valence-corrected chi connectivity index (χ3v) is 1.81. The van der Waals surface area contributed by atoms with Crippen LogP contribution in [0.5, 0.6) is 0 Å². The highest BCUT2D eigenvalue weighted by Gasteiger charge is 2.03. The van der Waals surface area contributed by atoms with Gasteiger partial charge in [0.25, 0.3) is 0 Å². The molecule has 1 atom stereocenters. The van der Waals surface area contributed by atoms with Crippen LogP contribution in [-0.4, -0.2) is 0 Å². The van der Waals surface area contributed by atoms with Gasteiger partial charge in [-0.05, 0) is 37.1 Å². The first kappa shape index (κ1) is 8.80. The zero-order valence-electron chi connectivity index (χ0n) is 7.26. The lowest BCUT2D eigenvalue weighted by Crippen LogP contribution is -1.91. The molecule has 0 aliphatic rings. The summed E-state index contributed by atoms with van der Waals surface area (Å²) in [6.07, 6.45) is 5.23. The Morgan fingerprint density at radius 1 is 1.42 bits per heavy atom. The molecule has 0 saturated heterocycles. The third-order valence-electron chi connectivity index (χ3n) is 1.81. The van der Waals surface area contributed by atoms with Crippen molar-refractivity contribution < 1.29 is 4.39 Å². The fraction of sp³-hybridized carbons (Fsp3) is 0.273. The van der Waals surface area contributed by atoms with Gasteiger partial charge in [0, 0.05) is 5.92 Å². The monoisotopic (exact) mass is 162 g/mol. The van der Waals surface area contributed by atoms with E-state index in [1.54, 1.807) is 0 Å². The third kappa shape index (κ3) is 1.85. The molecule has 1 heteroatoms. The van der Waals surface area contributed by atoms with Gasteiger partial charge in [-0.15, -0.1) is 6.42 Å². The van der Waals surface area contributed by atoms with Crippen molar-refractivity contribution in [2.24, 2.45) is 0 Å². The maximum atomic E-state index is 12.9. The molecule has 0 radical (unpaired) electrons. The van der Waals surface area contributed by atoms with Gasteiger partial charge in [-0.2, -0.15) is 0 Å². The van der Waals surface area contributed by atoms with Gasteiger partial charge < -0.3 is 0 Å². The first-order valence-electron chi connectivity index (χ1n) is 3.86. The number of halogens is 1. The number of hydrogen-bond acceptors (Lipinski definition) is 0. The minimum atomic E-state index is -0.216. The normalized spacial score (nSPS) is 12.2. The lowest BCUT2D eigenvalue weighted by Gasteiger charge is -2.05. The molecule has 0 aliphatic carbocycles. The van der Waals surface area contributed by atoms with Crippen molar-refractivity contribution in [3.8, 4) is 12.3 Å². The SMILES string of the molecule is C#CC(C)c1cc(C)cc(F)c1. The van der Waals surface area contributed by atoms with E-state index in [-0.39, 0.29) is 11.7 Å². The summed E-state index contributed by atoms with van der Waals surface area (Å²) in [6, 6.07) is 4.89. The summed E-state index contributed by atoms with van der Waals surface area (Å²) in [5, 5.41) is 0. The van der Waals surface area contributed by atoms with Crippen molar-refractivity contribution in [3.63, 3.8) is 0 Å². The lowest BCUT2D eigenvalue weighted by molar-refractivity contribution is 0.623. The molecule has 1 aromatic rings. The molecule has 62 valence electrons. The van der Waals surface area contributed by atoms with Gasteiger partial charge in [0.1, 0.15) is 5.82 Å². The summed E-state index contributed by atoms with van der Waals surface area (Å²) in [5.41, 5.74) is 1.78. The van der Waals surface area contributed by atoms with E-state index in [0.717, 1.165) is 11.1 Å². The average Bonchev–Trinajstić information content (AvgIpc) is 2.01. The van der Waals surface area contributed by atoms with E-state index in [4.69, 9.17) is 6.42 Å². The second kappa shape index (κ2) is 3.40. The minimum Gasteiger partial charge on any atom is -0.207 e. The zero-order chi connectivity index (χ0) is 9.14. The van der Waals surface area contributed by atoms with Gasteiger partial charge in [-0.3, -0.25) is 0 Å². The van der Waals surface area contributed by atoms with Crippen LogP contribution in [0.15, 0.2) is 18.2 Å². The van der Waals surface area contributed by atoms with E-state index in [1.165, 1.54) is 12.1 Å². The van der Waals surface area contributed by atoms with Crippen LogP contribution in [0.4, 0.5) is 4.39 Å². The number of terminal acetylenes is 1. The van der Waals surface area contributed by atoms with E-state index >= 15 is 0 Å². The van der Waals surface area contributed by atoms with E-state index in [0.29, 0.717) is 0 Å². The van der Waals surface area contributed by atoms with E-state index < -0.39 is 0 Å². The molecule has 0 fully saturated rings. The van der Waals surface area contributed by atoms with E-state index in [2.05, 4.69) is 5.92 Å². The Balaban J connectivity index is 3.10. The fourth-order valence-electron chi connectivity index (χ4n) is 1.11. The zero-order valence-corrected chi connectivity index (χ0v) is 7.26. The second-order valence-corrected chi connectivity index (χ2v) is 2.95. The standard InChI is InChI=1S/C11H11F/c1-4-9(3)10-5-8(2)6-11(12)7-10/h1,5-7,9H,2-3H3. The first-order valence-corrected chi connectivity index (χ1v) is 3.86. The molecule has 1 rings (SSSR count). The molecule has 0 spiro atoms. The molecule has 0 heterocycles. The lowest BCUT2D eigenvalue weighted by atomic mass is 10.0. The number of benzene rings is 1. The van der Waals surface area contributed by atoms with E-state index in [9.17, 15) is 4.39 Å². The Kier molecular flexibility index (Phi) is 2.50. The highest BCUT2D eigenvalue weighted by atomic mass is 19.1. The molecule has 0 saturated carbocycles. The predicted molar refractivity (Wildman–Crippen MR) is 48.4 cm³/mol. The molecule has 0 amide bonds. The van der Waals surface area contributed by atoms with E-state index in [1.807, 2.05) is 19.9 Å². The molecule has 0 aliphatic heterocycles. The van der Waals surface area contributed by atoms with Crippen LogP contribution < -0.4 is 0 Å². The topological polar surface area (TPSA) is 0 Å². The largest absolute Gasteiger partial charge is 0.207 e. The summed E-state index contributed by atoms with van der Waals surface area (Å²) in [6.45, 7) is 3.74. The molecule has 0 bridgehead atoms. The maximum Gasteiger partial charge on any atom is 0.123 e. The van der Waals surface area contributed by atoms with Crippen LogP contribution >= 0.6 is 0 Å². The molecule has 1 unspecified atom stereocenters. The molecular formula is C11H11F. The van der Waals surface area contributed by atoms with Crippen LogP contribution in [-0.2, 0) is 0 Å². The molecular weight excluding hydrogens is 151 g/mol. The minimum absolute atomic E-state index is 0.0144. The van der Waals surface area contributed by atoms with Crippen molar-refractivity contribution in [3.05, 3.63) is 35.1 Å². The number of aryl methyl sites for hydroxylation is 1. The Hall–Kier alpha value is -1.29. The summed E-state index contributed by atoms with van der Waals surface area (Å²) in [7, 11) is 0. The van der Waals surface area contributed by atoms with Gasteiger partial charge in [0.2, 0.25) is 0 Å². The first-order chi connectivity index (χ1) is 5.63. The highest BCUT2D eigenvalue weighted by molar-refractivity contribution is 5.30. The predicted octanol–water partition coefficient (Wildman–Crippen LogP) is 2.87. The van der Waals surface area contributed by atoms with Crippen molar-refractivity contribution in [1.29, 1.82) is 0 Å². The van der Waals surface area contributed by atoms with Crippen molar-refractivity contribution in [1.82, 2.24) is 0 Å². The Labute approximate surface area is 72.4 Å². The molecule has 0 N–H and O–H groups in total.